The third-order valence-corrected chi connectivity index (χ3v) is 3.24. The Morgan fingerprint density at radius 3 is 2.94 bits per heavy atom. The van der Waals surface area contributed by atoms with Gasteiger partial charge in [0.15, 0.2) is 5.15 Å². The molecule has 0 radical (unpaired) electrons. The zero-order valence-electron chi connectivity index (χ0n) is 9.30. The summed E-state index contributed by atoms with van der Waals surface area (Å²) in [5.74, 6) is -1.10. The number of carboxylic acid groups (broad SMARTS) is 1. The number of aliphatic carboxylic acids is 1. The average molecular weight is 290 g/mol. The highest BCUT2D eigenvalue weighted by Crippen LogP contribution is 2.17. The van der Waals surface area contributed by atoms with Crippen molar-refractivity contribution in [1.82, 2.24) is 4.98 Å². The zero-order valence-corrected chi connectivity index (χ0v) is 10.9. The van der Waals surface area contributed by atoms with Gasteiger partial charge in [-0.15, -0.1) is 11.8 Å². The van der Waals surface area contributed by atoms with Crippen molar-refractivity contribution in [3.63, 3.8) is 0 Å². The number of hydrogen-bond donors (Lipinski definition) is 3. The lowest BCUT2D eigenvalue weighted by atomic mass is 10.4. The van der Waals surface area contributed by atoms with E-state index in [2.05, 4.69) is 10.3 Å². The number of aromatic nitrogens is 1. The molecule has 0 aliphatic heterocycles. The molecule has 18 heavy (non-hydrogen) atoms. The van der Waals surface area contributed by atoms with Crippen molar-refractivity contribution < 1.29 is 14.7 Å². The van der Waals surface area contributed by atoms with Crippen LogP contribution < -0.4 is 11.1 Å². The highest BCUT2D eigenvalue weighted by molar-refractivity contribution is 8.00. The van der Waals surface area contributed by atoms with E-state index in [1.54, 1.807) is 12.1 Å². The SMILES string of the molecule is N[C@@H](CSCC(=O)Nc1cccnc1Cl)C(=O)O. The van der Waals surface area contributed by atoms with Crippen molar-refractivity contribution in [3.8, 4) is 0 Å². The van der Waals surface area contributed by atoms with E-state index in [4.69, 9.17) is 22.4 Å². The fourth-order valence-electron chi connectivity index (χ4n) is 1.02. The van der Waals surface area contributed by atoms with Crippen LogP contribution in [-0.4, -0.2) is 39.5 Å². The predicted molar refractivity (Wildman–Crippen MR) is 70.8 cm³/mol. The van der Waals surface area contributed by atoms with Crippen LogP contribution in [0.4, 0.5) is 5.69 Å². The van der Waals surface area contributed by atoms with E-state index < -0.39 is 12.0 Å². The van der Waals surface area contributed by atoms with Crippen molar-refractivity contribution in [1.29, 1.82) is 0 Å². The van der Waals surface area contributed by atoms with Crippen LogP contribution in [0.5, 0.6) is 0 Å². The van der Waals surface area contributed by atoms with Gasteiger partial charge >= 0.3 is 5.97 Å². The third kappa shape index (κ3) is 4.91. The van der Waals surface area contributed by atoms with E-state index in [1.807, 2.05) is 0 Å². The number of anilines is 1. The summed E-state index contributed by atoms with van der Waals surface area (Å²) in [7, 11) is 0. The number of nitrogens with two attached hydrogens (primary N) is 1. The fourth-order valence-corrected chi connectivity index (χ4v) is 1.95. The Morgan fingerprint density at radius 1 is 1.61 bits per heavy atom. The number of rotatable bonds is 6. The minimum atomic E-state index is -1.08. The van der Waals surface area contributed by atoms with Gasteiger partial charge in [-0.25, -0.2) is 4.98 Å². The summed E-state index contributed by atoms with van der Waals surface area (Å²) in [5.41, 5.74) is 5.72. The Hall–Kier alpha value is -1.31. The summed E-state index contributed by atoms with van der Waals surface area (Å²) in [6, 6.07) is 2.31. The van der Waals surface area contributed by atoms with Crippen molar-refractivity contribution in [2.45, 2.75) is 6.04 Å². The van der Waals surface area contributed by atoms with Crippen molar-refractivity contribution in [3.05, 3.63) is 23.5 Å². The van der Waals surface area contributed by atoms with Gasteiger partial charge in [0.1, 0.15) is 6.04 Å². The van der Waals surface area contributed by atoms with E-state index in [0.717, 1.165) is 11.8 Å². The van der Waals surface area contributed by atoms with Crippen molar-refractivity contribution >= 4 is 40.9 Å². The molecule has 0 unspecified atom stereocenters. The Labute approximate surface area is 113 Å². The fraction of sp³-hybridized carbons (Fsp3) is 0.300. The number of hydrogen-bond acceptors (Lipinski definition) is 5. The molecular weight excluding hydrogens is 278 g/mol. The molecule has 98 valence electrons. The molecular formula is C10H12ClN3O3S. The molecule has 0 aromatic carbocycles. The van der Waals surface area contributed by atoms with Crippen LogP contribution in [0.3, 0.4) is 0 Å². The lowest BCUT2D eigenvalue weighted by Gasteiger charge is -2.07. The van der Waals surface area contributed by atoms with Crippen molar-refractivity contribution in [2.24, 2.45) is 5.73 Å². The van der Waals surface area contributed by atoms with Crippen LogP contribution in [0.25, 0.3) is 0 Å². The first-order valence-corrected chi connectivity index (χ1v) is 6.50. The Bertz CT molecular complexity index is 444. The molecule has 1 aromatic rings. The molecule has 1 aromatic heterocycles. The molecule has 0 spiro atoms. The summed E-state index contributed by atoms with van der Waals surface area (Å²) in [6.07, 6.45) is 1.51. The Balaban J connectivity index is 2.35. The monoisotopic (exact) mass is 289 g/mol. The van der Waals surface area contributed by atoms with Gasteiger partial charge in [-0.3, -0.25) is 9.59 Å². The van der Waals surface area contributed by atoms with E-state index in [9.17, 15) is 9.59 Å². The Kier molecular flexibility index (Phi) is 5.90. The molecule has 1 atom stereocenters. The largest absolute Gasteiger partial charge is 0.480 e. The molecule has 8 heteroatoms. The normalized spacial score (nSPS) is 11.9. The minimum Gasteiger partial charge on any atom is -0.480 e. The number of carbonyl (C=O) groups is 2. The lowest BCUT2D eigenvalue weighted by Crippen LogP contribution is -2.33. The second-order valence-electron chi connectivity index (χ2n) is 3.35. The van der Waals surface area contributed by atoms with E-state index >= 15 is 0 Å². The minimum absolute atomic E-state index is 0.103. The van der Waals surface area contributed by atoms with Crippen LogP contribution in [0.1, 0.15) is 0 Å². The molecule has 1 rings (SSSR count). The van der Waals surface area contributed by atoms with Gasteiger partial charge in [0, 0.05) is 11.9 Å². The number of nitrogens with one attached hydrogen (secondary N) is 1. The quantitative estimate of drug-likeness (QED) is 0.670. The van der Waals surface area contributed by atoms with Gasteiger partial charge < -0.3 is 16.2 Å². The highest BCUT2D eigenvalue weighted by Gasteiger charge is 2.12. The zero-order chi connectivity index (χ0) is 13.5. The summed E-state index contributed by atoms with van der Waals surface area (Å²) in [6.45, 7) is 0. The smallest absolute Gasteiger partial charge is 0.321 e. The number of nitrogens with zero attached hydrogens (tertiary/aromatic N) is 1. The Morgan fingerprint density at radius 2 is 2.33 bits per heavy atom. The molecule has 4 N–H and O–H groups in total. The third-order valence-electron chi connectivity index (χ3n) is 1.88. The molecule has 0 aliphatic carbocycles. The molecule has 0 saturated carbocycles. The molecule has 0 saturated heterocycles. The van der Waals surface area contributed by atoms with Gasteiger partial charge in [-0.1, -0.05) is 11.6 Å². The first-order chi connectivity index (χ1) is 8.50. The van der Waals surface area contributed by atoms with Gasteiger partial charge in [0.2, 0.25) is 5.91 Å². The number of amides is 1. The van der Waals surface area contributed by atoms with E-state index in [0.29, 0.717) is 5.69 Å². The second kappa shape index (κ2) is 7.20. The first-order valence-electron chi connectivity index (χ1n) is 4.97. The molecule has 1 heterocycles. The topological polar surface area (TPSA) is 105 Å². The van der Waals surface area contributed by atoms with Crippen LogP contribution in [0.2, 0.25) is 5.15 Å². The number of halogens is 1. The second-order valence-corrected chi connectivity index (χ2v) is 4.74. The molecule has 1 amide bonds. The lowest BCUT2D eigenvalue weighted by molar-refractivity contribution is -0.137. The molecule has 0 fully saturated rings. The van der Waals surface area contributed by atoms with Crippen molar-refractivity contribution in [2.75, 3.05) is 16.8 Å². The maximum absolute atomic E-state index is 11.5. The maximum atomic E-state index is 11.5. The number of thioether (sulfide) groups is 1. The van der Waals surface area contributed by atoms with Gasteiger partial charge in [-0.05, 0) is 12.1 Å². The first kappa shape index (κ1) is 14.7. The summed E-state index contributed by atoms with van der Waals surface area (Å²) in [4.78, 5) is 25.8. The predicted octanol–water partition coefficient (Wildman–Crippen LogP) is 0.819. The molecule has 0 bridgehead atoms. The van der Waals surface area contributed by atoms with Gasteiger partial charge in [0.05, 0.1) is 11.4 Å². The number of pyridine rings is 1. The van der Waals surface area contributed by atoms with Crippen LogP contribution in [-0.2, 0) is 9.59 Å². The summed E-state index contributed by atoms with van der Waals surface area (Å²) < 4.78 is 0. The summed E-state index contributed by atoms with van der Waals surface area (Å²) in [5, 5.41) is 11.3. The van der Waals surface area contributed by atoms with Crippen LogP contribution >= 0.6 is 23.4 Å². The standard InChI is InChI=1S/C10H12ClN3O3S/c11-9-7(2-1-3-13-9)14-8(15)5-18-4-6(12)10(16)17/h1-3,6H,4-5,12H2,(H,14,15)(H,16,17)/t6-/m0/s1. The van der Waals surface area contributed by atoms with E-state index in [-0.39, 0.29) is 22.6 Å². The average Bonchev–Trinajstić information content (AvgIpc) is 2.32. The number of carboxylic acids is 1. The maximum Gasteiger partial charge on any atom is 0.321 e. The van der Waals surface area contributed by atoms with E-state index in [1.165, 1.54) is 6.20 Å². The van der Waals surface area contributed by atoms with Gasteiger partial charge in [-0.2, -0.15) is 0 Å². The van der Waals surface area contributed by atoms with Gasteiger partial charge in [0.25, 0.3) is 0 Å². The number of carbonyl (C=O) groups excluding carboxylic acids is 1. The highest BCUT2D eigenvalue weighted by atomic mass is 35.5. The van der Waals surface area contributed by atoms with Crippen LogP contribution in [0, 0.1) is 0 Å². The molecule has 6 nitrogen and oxygen atoms in total. The summed E-state index contributed by atoms with van der Waals surface area (Å²) >= 11 is 6.91. The van der Waals surface area contributed by atoms with Crippen LogP contribution in [0.15, 0.2) is 18.3 Å². The molecule has 0 aliphatic rings.